The molecule has 0 aliphatic carbocycles. The highest BCUT2D eigenvalue weighted by Crippen LogP contribution is 2.25. The summed E-state index contributed by atoms with van der Waals surface area (Å²) >= 11 is 5.26. The Balaban J connectivity index is 1.95. The first-order chi connectivity index (χ1) is 12.2. The van der Waals surface area contributed by atoms with Crippen LogP contribution >= 0.6 is 12.2 Å². The highest BCUT2D eigenvalue weighted by atomic mass is 32.1. The monoisotopic (exact) mass is 350 g/mol. The minimum atomic E-state index is -0.211. The van der Waals surface area contributed by atoms with E-state index in [1.165, 1.54) is 4.90 Å². The van der Waals surface area contributed by atoms with E-state index < -0.39 is 0 Å². The highest BCUT2D eigenvalue weighted by molar-refractivity contribution is 7.80. The van der Waals surface area contributed by atoms with E-state index in [-0.39, 0.29) is 5.91 Å². The van der Waals surface area contributed by atoms with Crippen LogP contribution in [-0.2, 0) is 16.1 Å². The molecular weight excluding hydrogens is 332 g/mol. The molecule has 1 aliphatic heterocycles. The molecule has 2 aromatic carbocycles. The van der Waals surface area contributed by atoms with Crippen molar-refractivity contribution in [1.82, 2.24) is 10.2 Å². The Bertz CT molecular complexity index is 816. The molecule has 25 heavy (non-hydrogen) atoms. The molecule has 0 unspecified atom stereocenters. The van der Waals surface area contributed by atoms with Gasteiger partial charge in [-0.1, -0.05) is 66.7 Å². The van der Waals surface area contributed by atoms with Crippen LogP contribution in [0.2, 0.25) is 0 Å². The van der Waals surface area contributed by atoms with Gasteiger partial charge in [-0.25, -0.2) is 0 Å². The Labute approximate surface area is 152 Å². The SMILES string of the molecule is C=CCN1C(=O)/C(=C(/OCc2ccccc2)c2ccccc2)NC1=S. The van der Waals surface area contributed by atoms with E-state index in [4.69, 9.17) is 17.0 Å². The molecule has 3 rings (SSSR count). The summed E-state index contributed by atoms with van der Waals surface area (Å²) in [5.41, 5.74) is 2.19. The minimum absolute atomic E-state index is 0.211. The Morgan fingerprint density at radius 3 is 2.40 bits per heavy atom. The highest BCUT2D eigenvalue weighted by Gasteiger charge is 2.33. The molecule has 1 saturated heterocycles. The molecule has 126 valence electrons. The summed E-state index contributed by atoms with van der Waals surface area (Å²) in [4.78, 5) is 14.2. The zero-order valence-corrected chi connectivity index (χ0v) is 14.5. The Morgan fingerprint density at radius 1 is 1.12 bits per heavy atom. The van der Waals surface area contributed by atoms with Crippen molar-refractivity contribution in [2.75, 3.05) is 6.54 Å². The molecule has 2 aromatic rings. The predicted molar refractivity (Wildman–Crippen MR) is 102 cm³/mol. The smallest absolute Gasteiger partial charge is 0.280 e. The summed E-state index contributed by atoms with van der Waals surface area (Å²) in [5.74, 6) is 0.278. The van der Waals surface area contributed by atoms with Gasteiger partial charge in [0.25, 0.3) is 5.91 Å². The maximum Gasteiger partial charge on any atom is 0.280 e. The van der Waals surface area contributed by atoms with Crippen molar-refractivity contribution < 1.29 is 9.53 Å². The zero-order chi connectivity index (χ0) is 17.6. The van der Waals surface area contributed by atoms with E-state index in [0.717, 1.165) is 11.1 Å². The third kappa shape index (κ3) is 3.78. The Kier molecular flexibility index (Phi) is 5.26. The first kappa shape index (κ1) is 16.9. The van der Waals surface area contributed by atoms with E-state index in [2.05, 4.69) is 11.9 Å². The van der Waals surface area contributed by atoms with E-state index in [9.17, 15) is 4.79 Å². The number of nitrogens with zero attached hydrogens (tertiary/aromatic N) is 1. The average Bonchev–Trinajstić information content (AvgIpc) is 2.92. The standard InChI is InChI=1S/C20H18N2O2S/c1-2-13-22-19(23)17(21-20(22)25)18(16-11-7-4-8-12-16)24-14-15-9-5-3-6-10-15/h2-12H,1,13-14H2,(H,21,25)/b18-17-. The van der Waals surface area contributed by atoms with Crippen molar-refractivity contribution in [3.63, 3.8) is 0 Å². The van der Waals surface area contributed by atoms with Gasteiger partial charge in [0.1, 0.15) is 12.3 Å². The third-order valence-corrected chi connectivity index (χ3v) is 4.06. The van der Waals surface area contributed by atoms with Crippen LogP contribution in [0.5, 0.6) is 0 Å². The number of hydrogen-bond donors (Lipinski definition) is 1. The average molecular weight is 350 g/mol. The largest absolute Gasteiger partial charge is 0.486 e. The van der Waals surface area contributed by atoms with E-state index in [0.29, 0.717) is 29.7 Å². The first-order valence-electron chi connectivity index (χ1n) is 7.91. The zero-order valence-electron chi connectivity index (χ0n) is 13.6. The van der Waals surface area contributed by atoms with Gasteiger partial charge in [-0.15, -0.1) is 6.58 Å². The lowest BCUT2D eigenvalue weighted by molar-refractivity contribution is -0.122. The fourth-order valence-electron chi connectivity index (χ4n) is 2.52. The first-order valence-corrected chi connectivity index (χ1v) is 8.31. The van der Waals surface area contributed by atoms with Gasteiger partial charge in [-0.2, -0.15) is 0 Å². The molecule has 0 radical (unpaired) electrons. The third-order valence-electron chi connectivity index (χ3n) is 3.74. The lowest BCUT2D eigenvalue weighted by Gasteiger charge is -2.13. The van der Waals surface area contributed by atoms with Crippen molar-refractivity contribution in [2.45, 2.75) is 6.61 Å². The van der Waals surface area contributed by atoms with Crippen LogP contribution in [0.3, 0.4) is 0 Å². The van der Waals surface area contributed by atoms with Gasteiger partial charge in [0.15, 0.2) is 10.9 Å². The minimum Gasteiger partial charge on any atom is -0.486 e. The summed E-state index contributed by atoms with van der Waals surface area (Å²) in [6, 6.07) is 19.3. The molecule has 0 spiro atoms. The van der Waals surface area contributed by atoms with Crippen molar-refractivity contribution >= 4 is 29.0 Å². The summed E-state index contributed by atoms with van der Waals surface area (Å²) < 4.78 is 6.03. The molecule has 0 atom stereocenters. The molecule has 1 amide bonds. The van der Waals surface area contributed by atoms with Gasteiger partial charge in [0.05, 0.1) is 0 Å². The molecule has 1 aliphatic rings. The second-order valence-electron chi connectivity index (χ2n) is 5.48. The summed E-state index contributed by atoms with van der Waals surface area (Å²) in [6.07, 6.45) is 1.64. The van der Waals surface area contributed by atoms with Crippen LogP contribution in [0.15, 0.2) is 79.0 Å². The molecule has 4 nitrogen and oxygen atoms in total. The Hall–Kier alpha value is -2.92. The van der Waals surface area contributed by atoms with Crippen LogP contribution < -0.4 is 5.32 Å². The van der Waals surface area contributed by atoms with Gasteiger partial charge in [0, 0.05) is 12.1 Å². The van der Waals surface area contributed by atoms with Gasteiger partial charge >= 0.3 is 0 Å². The summed E-state index contributed by atoms with van der Waals surface area (Å²) in [7, 11) is 0. The predicted octanol–water partition coefficient (Wildman–Crippen LogP) is 3.47. The lowest BCUT2D eigenvalue weighted by atomic mass is 10.1. The van der Waals surface area contributed by atoms with Gasteiger partial charge in [0.2, 0.25) is 0 Å². The second-order valence-corrected chi connectivity index (χ2v) is 5.87. The van der Waals surface area contributed by atoms with Gasteiger partial charge in [-0.05, 0) is 17.8 Å². The number of ether oxygens (including phenoxy) is 1. The molecule has 1 heterocycles. The maximum atomic E-state index is 12.7. The van der Waals surface area contributed by atoms with Crippen LogP contribution in [0.25, 0.3) is 5.76 Å². The number of hydrogen-bond acceptors (Lipinski definition) is 3. The lowest BCUT2D eigenvalue weighted by Crippen LogP contribution is -2.30. The second kappa shape index (κ2) is 7.77. The van der Waals surface area contributed by atoms with Crippen LogP contribution in [0.4, 0.5) is 0 Å². The maximum absolute atomic E-state index is 12.7. The van der Waals surface area contributed by atoms with Crippen molar-refractivity contribution in [2.24, 2.45) is 0 Å². The molecule has 0 aromatic heterocycles. The quantitative estimate of drug-likeness (QED) is 0.375. The molecule has 1 fully saturated rings. The van der Waals surface area contributed by atoms with Crippen LogP contribution in [-0.4, -0.2) is 22.5 Å². The fourth-order valence-corrected chi connectivity index (χ4v) is 2.78. The van der Waals surface area contributed by atoms with Crippen molar-refractivity contribution in [1.29, 1.82) is 0 Å². The van der Waals surface area contributed by atoms with Gasteiger partial charge in [-0.3, -0.25) is 9.69 Å². The Morgan fingerprint density at radius 2 is 1.76 bits per heavy atom. The number of carbonyl (C=O) groups is 1. The molecular formula is C20H18N2O2S. The van der Waals surface area contributed by atoms with E-state index in [1.54, 1.807) is 6.08 Å². The number of nitrogens with one attached hydrogen (secondary N) is 1. The number of benzene rings is 2. The topological polar surface area (TPSA) is 41.6 Å². The van der Waals surface area contributed by atoms with Crippen molar-refractivity contribution in [3.05, 3.63) is 90.1 Å². The number of carbonyl (C=O) groups excluding carboxylic acids is 1. The number of rotatable bonds is 6. The molecule has 0 bridgehead atoms. The summed E-state index contributed by atoms with van der Waals surface area (Å²) in [5, 5.41) is 3.35. The van der Waals surface area contributed by atoms with Gasteiger partial charge < -0.3 is 10.1 Å². The molecule has 5 heteroatoms. The summed E-state index contributed by atoms with van der Waals surface area (Å²) in [6.45, 7) is 4.38. The number of thiocarbonyl (C=S) groups is 1. The van der Waals surface area contributed by atoms with Crippen LogP contribution in [0, 0.1) is 0 Å². The van der Waals surface area contributed by atoms with Crippen molar-refractivity contribution in [3.8, 4) is 0 Å². The van der Waals surface area contributed by atoms with E-state index >= 15 is 0 Å². The molecule has 1 N–H and O–H groups in total. The molecule has 0 saturated carbocycles. The number of amides is 1. The van der Waals surface area contributed by atoms with Crippen LogP contribution in [0.1, 0.15) is 11.1 Å². The fraction of sp³-hybridized carbons (Fsp3) is 0.100. The van der Waals surface area contributed by atoms with E-state index in [1.807, 2.05) is 60.7 Å². The normalized spacial score (nSPS) is 15.8.